The number of rotatable bonds is 6. The monoisotopic (exact) mass is 454 g/mol. The number of pyridine rings is 1. The summed E-state index contributed by atoms with van der Waals surface area (Å²) in [5.74, 6) is -1.28. The molecule has 166 valence electrons. The van der Waals surface area contributed by atoms with Crippen molar-refractivity contribution in [1.29, 1.82) is 0 Å². The van der Waals surface area contributed by atoms with Gasteiger partial charge in [0, 0.05) is 42.3 Å². The van der Waals surface area contributed by atoms with Crippen LogP contribution in [0.2, 0.25) is 5.02 Å². The maximum Gasteiger partial charge on any atom is 0.340 e. The molecule has 4 rings (SSSR count). The van der Waals surface area contributed by atoms with E-state index in [1.54, 1.807) is 47.4 Å². The molecule has 32 heavy (non-hydrogen) atoms. The van der Waals surface area contributed by atoms with E-state index in [-0.39, 0.29) is 17.0 Å². The lowest BCUT2D eigenvalue weighted by molar-refractivity contribution is -0.136. The van der Waals surface area contributed by atoms with Gasteiger partial charge in [-0.2, -0.15) is 0 Å². The van der Waals surface area contributed by atoms with E-state index in [1.807, 2.05) is 17.7 Å². The second-order valence-electron chi connectivity index (χ2n) is 7.50. The fourth-order valence-electron chi connectivity index (χ4n) is 4.02. The maximum atomic E-state index is 13.7. The number of halogens is 1. The Hall–Kier alpha value is -3.52. The molecule has 9 heteroatoms. The number of carbonyl (C=O) groups excluding carboxylic acids is 1. The number of benzene rings is 1. The molecular weight excluding hydrogens is 432 g/mol. The number of imidazole rings is 1. The molecule has 1 atom stereocenters. The molecule has 0 fully saturated rings. The van der Waals surface area contributed by atoms with E-state index in [4.69, 9.17) is 26.8 Å². The Balaban J connectivity index is 1.83. The average Bonchev–Trinajstić information content (AvgIpc) is 3.28. The summed E-state index contributed by atoms with van der Waals surface area (Å²) in [7, 11) is 1.26. The number of methoxy groups -OCH3 is 1. The Labute approximate surface area is 189 Å². The van der Waals surface area contributed by atoms with Gasteiger partial charge in [-0.05, 0) is 25.0 Å². The molecule has 0 saturated carbocycles. The Bertz CT molecular complexity index is 1250. The van der Waals surface area contributed by atoms with Crippen LogP contribution in [0.3, 0.4) is 0 Å². The summed E-state index contributed by atoms with van der Waals surface area (Å²) in [6.07, 6.45) is 6.04. The van der Waals surface area contributed by atoms with E-state index in [1.165, 1.54) is 7.11 Å². The molecule has 3 aromatic rings. The van der Waals surface area contributed by atoms with Crippen LogP contribution < -0.4 is 16.0 Å². The van der Waals surface area contributed by atoms with Crippen LogP contribution in [-0.4, -0.2) is 27.2 Å². The highest BCUT2D eigenvalue weighted by Crippen LogP contribution is 2.43. The number of fused-ring (bicyclic) bond motifs is 1. The third kappa shape index (κ3) is 3.89. The minimum Gasteiger partial charge on any atom is -0.465 e. The smallest absolute Gasteiger partial charge is 0.340 e. The summed E-state index contributed by atoms with van der Waals surface area (Å²) in [5, 5.41) is 0.409. The van der Waals surface area contributed by atoms with Gasteiger partial charge in [-0.3, -0.25) is 4.79 Å². The number of aryl methyl sites for hydroxylation is 2. The largest absolute Gasteiger partial charge is 0.465 e. The van der Waals surface area contributed by atoms with Crippen LogP contribution in [0.4, 0.5) is 0 Å². The molecule has 0 aliphatic carbocycles. The number of hydrogen-bond donors (Lipinski definition) is 1. The summed E-state index contributed by atoms with van der Waals surface area (Å²) >= 11 is 6.48. The summed E-state index contributed by atoms with van der Waals surface area (Å²) in [6.45, 7) is 3.04. The van der Waals surface area contributed by atoms with Gasteiger partial charge in [-0.15, -0.1) is 0 Å². The fourth-order valence-corrected chi connectivity index (χ4v) is 4.27. The average molecular weight is 455 g/mol. The SMILES string of the molecule is COC(=O)C1=C(N)Oc2cc(C)n(CCCn3ccnc3)c(=O)c2[C@@H]1c1ccccc1Cl. The van der Waals surface area contributed by atoms with Crippen LogP contribution in [0, 0.1) is 6.92 Å². The molecule has 2 N–H and O–H groups in total. The highest BCUT2D eigenvalue weighted by molar-refractivity contribution is 6.31. The van der Waals surface area contributed by atoms with Gasteiger partial charge in [0.05, 0.1) is 24.9 Å². The topological polar surface area (TPSA) is 101 Å². The molecule has 1 aliphatic rings. The molecule has 0 spiro atoms. The van der Waals surface area contributed by atoms with E-state index in [0.717, 1.165) is 12.1 Å². The normalized spacial score (nSPS) is 15.3. The fraction of sp³-hybridized carbons (Fsp3) is 0.261. The van der Waals surface area contributed by atoms with Crippen molar-refractivity contribution in [3.63, 3.8) is 0 Å². The lowest BCUT2D eigenvalue weighted by Crippen LogP contribution is -2.35. The molecule has 0 bridgehead atoms. The lowest BCUT2D eigenvalue weighted by atomic mass is 9.83. The molecule has 1 aromatic carbocycles. The third-order valence-electron chi connectivity index (χ3n) is 5.55. The second-order valence-corrected chi connectivity index (χ2v) is 7.91. The Morgan fingerprint density at radius 1 is 1.31 bits per heavy atom. The summed E-state index contributed by atoms with van der Waals surface area (Å²) in [6, 6.07) is 8.80. The van der Waals surface area contributed by atoms with Crippen molar-refractivity contribution in [2.75, 3.05) is 7.11 Å². The van der Waals surface area contributed by atoms with E-state index < -0.39 is 11.9 Å². The zero-order valence-corrected chi connectivity index (χ0v) is 18.5. The van der Waals surface area contributed by atoms with Crippen molar-refractivity contribution in [2.45, 2.75) is 32.4 Å². The highest BCUT2D eigenvalue weighted by Gasteiger charge is 2.39. The number of hydrogen-bond acceptors (Lipinski definition) is 6. The number of esters is 1. The van der Waals surface area contributed by atoms with Gasteiger partial charge < -0.3 is 24.3 Å². The van der Waals surface area contributed by atoms with Crippen molar-refractivity contribution in [2.24, 2.45) is 5.73 Å². The van der Waals surface area contributed by atoms with E-state index in [9.17, 15) is 9.59 Å². The summed E-state index contributed by atoms with van der Waals surface area (Å²) in [5.41, 5.74) is 7.52. The van der Waals surface area contributed by atoms with Crippen LogP contribution >= 0.6 is 11.6 Å². The van der Waals surface area contributed by atoms with Crippen molar-refractivity contribution in [3.8, 4) is 5.75 Å². The minimum atomic E-state index is -0.812. The van der Waals surface area contributed by atoms with E-state index in [2.05, 4.69) is 4.98 Å². The zero-order chi connectivity index (χ0) is 22.8. The first kappa shape index (κ1) is 21.7. The first-order valence-electron chi connectivity index (χ1n) is 10.1. The second kappa shape index (κ2) is 8.92. The van der Waals surface area contributed by atoms with Crippen molar-refractivity contribution >= 4 is 17.6 Å². The van der Waals surface area contributed by atoms with Crippen LogP contribution in [0.25, 0.3) is 0 Å². The molecule has 8 nitrogen and oxygen atoms in total. The number of nitrogens with two attached hydrogens (primary N) is 1. The van der Waals surface area contributed by atoms with Gasteiger partial charge in [0.1, 0.15) is 11.3 Å². The predicted octanol–water partition coefficient (Wildman–Crippen LogP) is 2.96. The predicted molar refractivity (Wildman–Crippen MR) is 119 cm³/mol. The van der Waals surface area contributed by atoms with Crippen molar-refractivity contribution in [3.05, 3.63) is 92.7 Å². The molecule has 0 unspecified atom stereocenters. The highest BCUT2D eigenvalue weighted by atomic mass is 35.5. The molecule has 1 aliphatic heterocycles. The number of nitrogens with zero attached hydrogens (tertiary/aromatic N) is 3. The van der Waals surface area contributed by atoms with Gasteiger partial charge >= 0.3 is 5.97 Å². The Morgan fingerprint density at radius 3 is 2.78 bits per heavy atom. The summed E-state index contributed by atoms with van der Waals surface area (Å²) < 4.78 is 14.3. The van der Waals surface area contributed by atoms with Gasteiger partial charge in [0.25, 0.3) is 5.56 Å². The van der Waals surface area contributed by atoms with Crippen LogP contribution in [0.1, 0.15) is 29.2 Å². The van der Waals surface area contributed by atoms with E-state index >= 15 is 0 Å². The van der Waals surface area contributed by atoms with E-state index in [0.29, 0.717) is 35.0 Å². The standard InChI is InChI=1S/C23H23ClN4O4/c1-14-12-17-19(22(29)28(14)10-5-9-27-11-8-26-13-27)18(15-6-3-4-7-16(15)24)20(21(25)32-17)23(30)31-2/h3-4,6-8,11-13,18H,5,9-10,25H2,1-2H3/t18-/m0/s1. The molecule has 0 amide bonds. The van der Waals surface area contributed by atoms with Crippen molar-refractivity contribution in [1.82, 2.24) is 14.1 Å². The molecule has 3 heterocycles. The van der Waals surface area contributed by atoms with Crippen LogP contribution in [0.15, 0.2) is 65.3 Å². The van der Waals surface area contributed by atoms with Gasteiger partial charge in [-0.1, -0.05) is 29.8 Å². The first-order valence-corrected chi connectivity index (χ1v) is 10.5. The number of aromatic nitrogens is 3. The lowest BCUT2D eigenvalue weighted by Gasteiger charge is -2.29. The van der Waals surface area contributed by atoms with Crippen LogP contribution in [-0.2, 0) is 22.6 Å². The molecule has 2 aromatic heterocycles. The summed E-state index contributed by atoms with van der Waals surface area (Å²) in [4.78, 5) is 30.4. The van der Waals surface area contributed by atoms with Gasteiger partial charge in [-0.25, -0.2) is 9.78 Å². The first-order chi connectivity index (χ1) is 15.4. The minimum absolute atomic E-state index is 0.0546. The molecule has 0 saturated heterocycles. The molecule has 0 radical (unpaired) electrons. The van der Waals surface area contributed by atoms with Crippen LogP contribution in [0.5, 0.6) is 5.75 Å². The zero-order valence-electron chi connectivity index (χ0n) is 17.7. The third-order valence-corrected chi connectivity index (χ3v) is 5.89. The Kier molecular flexibility index (Phi) is 6.05. The maximum absolute atomic E-state index is 13.7. The Morgan fingerprint density at radius 2 is 2.09 bits per heavy atom. The number of carbonyl (C=O) groups is 1. The number of ether oxygens (including phenoxy) is 2. The van der Waals surface area contributed by atoms with Gasteiger partial charge in [0.2, 0.25) is 5.88 Å². The van der Waals surface area contributed by atoms with Crippen molar-refractivity contribution < 1.29 is 14.3 Å². The molecular formula is C23H23ClN4O4. The van der Waals surface area contributed by atoms with Gasteiger partial charge in [0.15, 0.2) is 0 Å². The quantitative estimate of drug-likeness (QED) is 0.574.